The maximum absolute atomic E-state index is 11.9. The highest BCUT2D eigenvalue weighted by atomic mass is 127. The molecule has 0 spiro atoms. The first-order valence-corrected chi connectivity index (χ1v) is 10.7. The summed E-state index contributed by atoms with van der Waals surface area (Å²) in [6.07, 6.45) is 8.04. The second-order valence-electron chi connectivity index (χ2n) is 7.58. The molecular weight excluding hydrogens is 453 g/mol. The molecule has 2 aliphatic rings. The molecule has 0 aliphatic carbocycles. The number of piperidine rings is 1. The van der Waals surface area contributed by atoms with E-state index in [1.807, 2.05) is 11.8 Å². The number of carbonyl (C=O) groups excluding carboxylic acids is 1. The third kappa shape index (κ3) is 8.13. The predicted molar refractivity (Wildman–Crippen MR) is 124 cm³/mol. The third-order valence-electron chi connectivity index (χ3n) is 5.54. The molecule has 0 radical (unpaired) electrons. The molecule has 2 atom stereocenters. The van der Waals surface area contributed by atoms with E-state index in [-0.39, 0.29) is 29.9 Å². The summed E-state index contributed by atoms with van der Waals surface area (Å²) in [6, 6.07) is 0.887. The van der Waals surface area contributed by atoms with Crippen molar-refractivity contribution in [1.29, 1.82) is 0 Å². The molecule has 0 aromatic carbocycles. The molecule has 6 nitrogen and oxygen atoms in total. The SMILES string of the molecule is CCCCN1CCCCC1CN=C(NCC)NC1CCN(C(=O)CC)C1.I. The maximum atomic E-state index is 11.9. The average molecular weight is 493 g/mol. The van der Waals surface area contributed by atoms with Gasteiger partial charge in [0, 0.05) is 38.1 Å². The van der Waals surface area contributed by atoms with Crippen LogP contribution in [-0.2, 0) is 4.79 Å². The summed E-state index contributed by atoms with van der Waals surface area (Å²) in [5.74, 6) is 1.16. The van der Waals surface area contributed by atoms with Gasteiger partial charge in [-0.05, 0) is 45.7 Å². The molecule has 0 aromatic heterocycles. The highest BCUT2D eigenvalue weighted by Gasteiger charge is 2.26. The normalized spacial score (nSPS) is 23.8. The number of guanidine groups is 1. The molecule has 2 unspecified atom stereocenters. The van der Waals surface area contributed by atoms with Gasteiger partial charge in [-0.2, -0.15) is 0 Å². The van der Waals surface area contributed by atoms with E-state index in [2.05, 4.69) is 29.4 Å². The molecule has 0 saturated carbocycles. The van der Waals surface area contributed by atoms with Crippen molar-refractivity contribution in [3.8, 4) is 0 Å². The molecule has 2 saturated heterocycles. The van der Waals surface area contributed by atoms with Crippen LogP contribution in [0, 0.1) is 0 Å². The fourth-order valence-electron chi connectivity index (χ4n) is 3.96. The monoisotopic (exact) mass is 493 g/mol. The quantitative estimate of drug-likeness (QED) is 0.310. The molecule has 2 rings (SSSR count). The van der Waals surface area contributed by atoms with Gasteiger partial charge in [-0.1, -0.05) is 26.7 Å². The summed E-state index contributed by atoms with van der Waals surface area (Å²) in [5.41, 5.74) is 0. The molecule has 1 amide bonds. The largest absolute Gasteiger partial charge is 0.357 e. The summed E-state index contributed by atoms with van der Waals surface area (Å²) >= 11 is 0. The smallest absolute Gasteiger partial charge is 0.222 e. The molecule has 7 heteroatoms. The minimum atomic E-state index is 0. The minimum Gasteiger partial charge on any atom is -0.357 e. The maximum Gasteiger partial charge on any atom is 0.222 e. The van der Waals surface area contributed by atoms with E-state index < -0.39 is 0 Å². The zero-order chi connectivity index (χ0) is 18.8. The average Bonchev–Trinajstić information content (AvgIpc) is 3.13. The van der Waals surface area contributed by atoms with Crippen molar-refractivity contribution in [3.05, 3.63) is 0 Å². The first-order chi connectivity index (χ1) is 12.7. The van der Waals surface area contributed by atoms with Crippen LogP contribution in [0.1, 0.15) is 65.7 Å². The lowest BCUT2D eigenvalue weighted by Gasteiger charge is -2.35. The van der Waals surface area contributed by atoms with E-state index in [4.69, 9.17) is 4.99 Å². The molecule has 2 N–H and O–H groups in total. The lowest BCUT2D eigenvalue weighted by atomic mass is 10.0. The molecule has 2 heterocycles. The Morgan fingerprint density at radius 3 is 2.67 bits per heavy atom. The molecule has 2 aliphatic heterocycles. The number of likely N-dealkylation sites (tertiary alicyclic amines) is 2. The Morgan fingerprint density at radius 2 is 1.96 bits per heavy atom. The van der Waals surface area contributed by atoms with Crippen molar-refractivity contribution in [3.63, 3.8) is 0 Å². The third-order valence-corrected chi connectivity index (χ3v) is 5.54. The number of rotatable bonds is 8. The van der Waals surface area contributed by atoms with Crippen molar-refractivity contribution >= 4 is 35.8 Å². The zero-order valence-corrected chi connectivity index (χ0v) is 19.8. The van der Waals surface area contributed by atoms with Gasteiger partial charge in [0.15, 0.2) is 5.96 Å². The second kappa shape index (κ2) is 13.6. The Bertz CT molecular complexity index is 460. The van der Waals surface area contributed by atoms with Gasteiger partial charge in [0.25, 0.3) is 0 Å². The Balaban J connectivity index is 0.00000364. The first-order valence-electron chi connectivity index (χ1n) is 10.7. The Hall–Kier alpha value is -0.570. The summed E-state index contributed by atoms with van der Waals surface area (Å²) in [5, 5.41) is 6.93. The van der Waals surface area contributed by atoms with Crippen LogP contribution in [0.3, 0.4) is 0 Å². The summed E-state index contributed by atoms with van der Waals surface area (Å²) < 4.78 is 0. The van der Waals surface area contributed by atoms with Crippen LogP contribution in [-0.4, -0.2) is 73.0 Å². The molecule has 27 heavy (non-hydrogen) atoms. The van der Waals surface area contributed by atoms with Crippen LogP contribution in [0.2, 0.25) is 0 Å². The fourth-order valence-corrected chi connectivity index (χ4v) is 3.96. The molecular formula is C20H40IN5O. The van der Waals surface area contributed by atoms with E-state index in [9.17, 15) is 4.79 Å². The molecule has 158 valence electrons. The summed E-state index contributed by atoms with van der Waals surface area (Å²) in [6.45, 7) is 12.1. The number of hydrogen-bond acceptors (Lipinski definition) is 3. The van der Waals surface area contributed by atoms with Crippen LogP contribution in [0.5, 0.6) is 0 Å². The fraction of sp³-hybridized carbons (Fsp3) is 0.900. The molecule has 0 bridgehead atoms. The number of carbonyl (C=O) groups is 1. The van der Waals surface area contributed by atoms with Crippen molar-refractivity contribution in [1.82, 2.24) is 20.4 Å². The van der Waals surface area contributed by atoms with Gasteiger partial charge in [-0.15, -0.1) is 24.0 Å². The predicted octanol–water partition coefficient (Wildman–Crippen LogP) is 2.83. The Morgan fingerprint density at radius 1 is 1.15 bits per heavy atom. The lowest BCUT2D eigenvalue weighted by molar-refractivity contribution is -0.129. The number of unbranched alkanes of at least 4 members (excludes halogenated alkanes) is 1. The van der Waals surface area contributed by atoms with Gasteiger partial charge in [-0.25, -0.2) is 0 Å². The second-order valence-corrected chi connectivity index (χ2v) is 7.58. The number of hydrogen-bond donors (Lipinski definition) is 2. The highest BCUT2D eigenvalue weighted by molar-refractivity contribution is 14.0. The van der Waals surface area contributed by atoms with Crippen molar-refractivity contribution in [2.45, 2.75) is 77.8 Å². The van der Waals surface area contributed by atoms with E-state index in [1.54, 1.807) is 0 Å². The number of nitrogens with zero attached hydrogens (tertiary/aromatic N) is 3. The zero-order valence-electron chi connectivity index (χ0n) is 17.5. The van der Waals surface area contributed by atoms with Crippen LogP contribution in [0.15, 0.2) is 4.99 Å². The number of aliphatic imine (C=N–C) groups is 1. The number of halogens is 1. The van der Waals surface area contributed by atoms with Gasteiger partial charge in [-0.3, -0.25) is 14.7 Å². The molecule has 2 fully saturated rings. The van der Waals surface area contributed by atoms with E-state index in [0.29, 0.717) is 18.5 Å². The first kappa shape index (κ1) is 24.5. The van der Waals surface area contributed by atoms with Crippen LogP contribution in [0.4, 0.5) is 0 Å². The summed E-state index contributed by atoms with van der Waals surface area (Å²) in [7, 11) is 0. The Kier molecular flexibility index (Phi) is 12.3. The van der Waals surface area contributed by atoms with Crippen LogP contribution >= 0.6 is 24.0 Å². The van der Waals surface area contributed by atoms with Gasteiger partial charge in [0.2, 0.25) is 5.91 Å². The lowest BCUT2D eigenvalue weighted by Crippen LogP contribution is -2.46. The summed E-state index contributed by atoms with van der Waals surface area (Å²) in [4.78, 5) is 21.4. The minimum absolute atomic E-state index is 0. The number of nitrogens with one attached hydrogen (secondary N) is 2. The van der Waals surface area contributed by atoms with Crippen molar-refractivity contribution in [2.75, 3.05) is 39.3 Å². The van der Waals surface area contributed by atoms with E-state index in [1.165, 1.54) is 45.2 Å². The van der Waals surface area contributed by atoms with Gasteiger partial charge < -0.3 is 15.5 Å². The highest BCUT2D eigenvalue weighted by Crippen LogP contribution is 2.18. The van der Waals surface area contributed by atoms with Crippen molar-refractivity contribution < 1.29 is 4.79 Å². The van der Waals surface area contributed by atoms with Crippen molar-refractivity contribution in [2.24, 2.45) is 4.99 Å². The van der Waals surface area contributed by atoms with E-state index >= 15 is 0 Å². The van der Waals surface area contributed by atoms with Crippen LogP contribution < -0.4 is 10.6 Å². The Labute approximate surface area is 182 Å². The van der Waals surface area contributed by atoms with E-state index in [0.717, 1.165) is 38.6 Å². The van der Waals surface area contributed by atoms with Gasteiger partial charge >= 0.3 is 0 Å². The number of amides is 1. The standard InChI is InChI=1S/C20H39N5O.HI/c1-4-7-12-24-13-9-8-10-18(24)15-22-20(21-6-3)23-17-11-14-25(16-17)19(26)5-2;/h17-18H,4-16H2,1-3H3,(H2,21,22,23);1H. The topological polar surface area (TPSA) is 60.0 Å². The van der Waals surface area contributed by atoms with Gasteiger partial charge in [0.05, 0.1) is 6.54 Å². The van der Waals surface area contributed by atoms with Crippen LogP contribution in [0.25, 0.3) is 0 Å². The van der Waals surface area contributed by atoms with Gasteiger partial charge in [0.1, 0.15) is 0 Å². The molecule has 0 aromatic rings.